The van der Waals surface area contributed by atoms with Gasteiger partial charge in [0.1, 0.15) is 0 Å². The number of piperidine rings is 1. The first-order chi connectivity index (χ1) is 6.63. The number of nitrogens with two attached hydrogens (primary N) is 2. The van der Waals surface area contributed by atoms with Gasteiger partial charge in [-0.25, -0.2) is 0 Å². The number of carbonyl (C=O) groups is 1. The van der Waals surface area contributed by atoms with Gasteiger partial charge >= 0.3 is 0 Å². The summed E-state index contributed by atoms with van der Waals surface area (Å²) in [6.45, 7) is 4.95. The van der Waals surface area contributed by atoms with Gasteiger partial charge in [0.15, 0.2) is 0 Å². The van der Waals surface area contributed by atoms with Crippen molar-refractivity contribution >= 4 is 5.91 Å². The molecule has 4 heteroatoms. The normalized spacial score (nSPS) is 26.0. The summed E-state index contributed by atoms with van der Waals surface area (Å²) in [7, 11) is 0. The molecule has 0 saturated carbocycles. The molecule has 14 heavy (non-hydrogen) atoms. The van der Waals surface area contributed by atoms with Crippen molar-refractivity contribution < 1.29 is 4.79 Å². The van der Waals surface area contributed by atoms with Crippen LogP contribution in [0.3, 0.4) is 0 Å². The smallest absolute Gasteiger partial charge is 0.235 e. The number of hydrogen-bond acceptors (Lipinski definition) is 3. The van der Waals surface area contributed by atoms with Gasteiger partial charge in [-0.3, -0.25) is 4.79 Å². The zero-order valence-corrected chi connectivity index (χ0v) is 8.91. The SMILES string of the molecule is CCC1CCCN(CC(N)C(N)=O)C1. The average molecular weight is 199 g/mol. The maximum absolute atomic E-state index is 10.8. The molecule has 0 aromatic heterocycles. The van der Waals surface area contributed by atoms with E-state index in [1.54, 1.807) is 0 Å². The highest BCUT2D eigenvalue weighted by atomic mass is 16.1. The molecule has 0 aliphatic carbocycles. The molecular weight excluding hydrogens is 178 g/mol. The average Bonchev–Trinajstić information content (AvgIpc) is 2.18. The molecule has 0 aromatic carbocycles. The van der Waals surface area contributed by atoms with E-state index in [1.165, 1.54) is 19.3 Å². The molecule has 1 aliphatic rings. The molecule has 0 bridgehead atoms. The van der Waals surface area contributed by atoms with Gasteiger partial charge in [0.25, 0.3) is 0 Å². The first-order valence-electron chi connectivity index (χ1n) is 5.40. The number of primary amides is 1. The van der Waals surface area contributed by atoms with Crippen LogP contribution in [0.2, 0.25) is 0 Å². The van der Waals surface area contributed by atoms with Gasteiger partial charge in [-0.05, 0) is 25.3 Å². The van der Waals surface area contributed by atoms with Crippen LogP contribution >= 0.6 is 0 Å². The van der Waals surface area contributed by atoms with E-state index in [0.29, 0.717) is 6.54 Å². The highest BCUT2D eigenvalue weighted by Gasteiger charge is 2.21. The third kappa shape index (κ3) is 3.27. The van der Waals surface area contributed by atoms with Crippen molar-refractivity contribution in [2.75, 3.05) is 19.6 Å². The largest absolute Gasteiger partial charge is 0.368 e. The van der Waals surface area contributed by atoms with Crippen LogP contribution in [0.5, 0.6) is 0 Å². The minimum Gasteiger partial charge on any atom is -0.368 e. The van der Waals surface area contributed by atoms with Gasteiger partial charge < -0.3 is 16.4 Å². The van der Waals surface area contributed by atoms with E-state index in [9.17, 15) is 4.79 Å². The van der Waals surface area contributed by atoms with Crippen molar-refractivity contribution in [3.8, 4) is 0 Å². The Morgan fingerprint density at radius 2 is 2.36 bits per heavy atom. The molecule has 1 heterocycles. The van der Waals surface area contributed by atoms with Crippen molar-refractivity contribution in [3.05, 3.63) is 0 Å². The molecule has 0 radical (unpaired) electrons. The first kappa shape index (κ1) is 11.5. The Labute approximate surface area is 85.6 Å². The van der Waals surface area contributed by atoms with Gasteiger partial charge in [0.05, 0.1) is 6.04 Å². The zero-order chi connectivity index (χ0) is 10.6. The van der Waals surface area contributed by atoms with Crippen LogP contribution in [0.1, 0.15) is 26.2 Å². The van der Waals surface area contributed by atoms with Crippen LogP contribution < -0.4 is 11.5 Å². The van der Waals surface area contributed by atoms with Crippen LogP contribution in [0, 0.1) is 5.92 Å². The lowest BCUT2D eigenvalue weighted by Crippen LogP contribution is -2.48. The van der Waals surface area contributed by atoms with Crippen molar-refractivity contribution in [2.45, 2.75) is 32.2 Å². The van der Waals surface area contributed by atoms with Gasteiger partial charge in [-0.1, -0.05) is 13.3 Å². The zero-order valence-electron chi connectivity index (χ0n) is 8.91. The fourth-order valence-corrected chi connectivity index (χ4v) is 2.02. The lowest BCUT2D eigenvalue weighted by molar-refractivity contribution is -0.119. The molecule has 1 fully saturated rings. The Kier molecular flexibility index (Phi) is 4.35. The van der Waals surface area contributed by atoms with E-state index in [2.05, 4.69) is 11.8 Å². The number of rotatable bonds is 4. The number of carbonyl (C=O) groups excluding carboxylic acids is 1. The molecule has 0 spiro atoms. The lowest BCUT2D eigenvalue weighted by Gasteiger charge is -2.33. The minimum atomic E-state index is -0.509. The minimum absolute atomic E-state index is 0.399. The Morgan fingerprint density at radius 3 is 2.93 bits per heavy atom. The van der Waals surface area contributed by atoms with E-state index in [4.69, 9.17) is 11.5 Å². The number of likely N-dealkylation sites (tertiary alicyclic amines) is 1. The summed E-state index contributed by atoms with van der Waals surface area (Å²) in [6, 6.07) is -0.509. The van der Waals surface area contributed by atoms with Crippen LogP contribution in [-0.2, 0) is 4.79 Å². The molecule has 4 nitrogen and oxygen atoms in total. The maximum atomic E-state index is 10.8. The standard InChI is InChI=1S/C10H21N3O/c1-2-8-4-3-5-13(6-8)7-9(11)10(12)14/h8-9H,2-7,11H2,1H3,(H2,12,14). The highest BCUT2D eigenvalue weighted by Crippen LogP contribution is 2.18. The second-order valence-corrected chi connectivity index (χ2v) is 4.18. The second-order valence-electron chi connectivity index (χ2n) is 4.18. The topological polar surface area (TPSA) is 72.3 Å². The number of nitrogens with zero attached hydrogens (tertiary/aromatic N) is 1. The monoisotopic (exact) mass is 199 g/mol. The van der Waals surface area contributed by atoms with E-state index >= 15 is 0 Å². The molecule has 4 N–H and O–H groups in total. The predicted octanol–water partition coefficient (Wildman–Crippen LogP) is -0.0790. The summed E-state index contributed by atoms with van der Waals surface area (Å²) >= 11 is 0. The van der Waals surface area contributed by atoms with E-state index < -0.39 is 11.9 Å². The van der Waals surface area contributed by atoms with E-state index in [1.807, 2.05) is 0 Å². The van der Waals surface area contributed by atoms with Crippen LogP contribution in [0.15, 0.2) is 0 Å². The van der Waals surface area contributed by atoms with Crippen molar-refractivity contribution in [2.24, 2.45) is 17.4 Å². The quantitative estimate of drug-likeness (QED) is 0.665. The summed E-state index contributed by atoms with van der Waals surface area (Å²) in [5.41, 5.74) is 10.7. The molecular formula is C10H21N3O. The molecule has 82 valence electrons. The number of amides is 1. The van der Waals surface area contributed by atoms with Gasteiger partial charge in [-0.2, -0.15) is 0 Å². The second kappa shape index (κ2) is 5.32. The fourth-order valence-electron chi connectivity index (χ4n) is 2.02. The van der Waals surface area contributed by atoms with Crippen LogP contribution in [0.25, 0.3) is 0 Å². The van der Waals surface area contributed by atoms with Crippen molar-refractivity contribution in [3.63, 3.8) is 0 Å². The molecule has 0 aromatic rings. The molecule has 2 atom stereocenters. The summed E-state index contributed by atoms with van der Waals surface area (Å²) in [5.74, 6) is 0.368. The van der Waals surface area contributed by atoms with E-state index in [0.717, 1.165) is 19.0 Å². The summed E-state index contributed by atoms with van der Waals surface area (Å²) < 4.78 is 0. The molecule has 1 saturated heterocycles. The first-order valence-corrected chi connectivity index (χ1v) is 5.40. The third-order valence-corrected chi connectivity index (χ3v) is 3.00. The molecule has 1 rings (SSSR count). The van der Waals surface area contributed by atoms with Crippen LogP contribution in [0.4, 0.5) is 0 Å². The fraction of sp³-hybridized carbons (Fsp3) is 0.900. The Morgan fingerprint density at radius 1 is 1.64 bits per heavy atom. The van der Waals surface area contributed by atoms with Crippen molar-refractivity contribution in [1.82, 2.24) is 4.90 Å². The maximum Gasteiger partial charge on any atom is 0.235 e. The van der Waals surface area contributed by atoms with Gasteiger partial charge in [0, 0.05) is 13.1 Å². The summed E-state index contributed by atoms with van der Waals surface area (Å²) in [5, 5.41) is 0. The summed E-state index contributed by atoms with van der Waals surface area (Å²) in [4.78, 5) is 13.1. The van der Waals surface area contributed by atoms with Crippen molar-refractivity contribution in [1.29, 1.82) is 0 Å². The molecule has 1 aliphatic heterocycles. The Bertz CT molecular complexity index is 196. The van der Waals surface area contributed by atoms with Gasteiger partial charge in [-0.15, -0.1) is 0 Å². The predicted molar refractivity (Wildman–Crippen MR) is 56.6 cm³/mol. The molecule has 1 amide bonds. The highest BCUT2D eigenvalue weighted by molar-refractivity contribution is 5.79. The Hall–Kier alpha value is -0.610. The summed E-state index contributed by atoms with van der Waals surface area (Å²) in [6.07, 6.45) is 3.73. The van der Waals surface area contributed by atoms with Crippen LogP contribution in [-0.4, -0.2) is 36.5 Å². The van der Waals surface area contributed by atoms with Gasteiger partial charge in [0.2, 0.25) is 5.91 Å². The number of hydrogen-bond donors (Lipinski definition) is 2. The third-order valence-electron chi connectivity index (χ3n) is 3.00. The molecule has 2 unspecified atom stereocenters. The van der Waals surface area contributed by atoms with E-state index in [-0.39, 0.29) is 0 Å². The Balaban J connectivity index is 2.33. The lowest BCUT2D eigenvalue weighted by atomic mass is 9.95.